The van der Waals surface area contributed by atoms with Gasteiger partial charge in [-0.15, -0.1) is 0 Å². The predicted molar refractivity (Wildman–Crippen MR) is 94.6 cm³/mol. The molecule has 0 saturated heterocycles. The Labute approximate surface area is 142 Å². The van der Waals surface area contributed by atoms with E-state index in [4.69, 9.17) is 4.74 Å². The molecule has 0 aliphatic carbocycles. The molecule has 0 saturated carbocycles. The van der Waals surface area contributed by atoms with Crippen LogP contribution in [0.2, 0.25) is 0 Å². The van der Waals surface area contributed by atoms with E-state index < -0.39 is 16.0 Å². The summed E-state index contributed by atoms with van der Waals surface area (Å²) in [4.78, 5) is 11.9. The normalized spacial score (nSPS) is 11.0. The first-order valence-electron chi connectivity index (χ1n) is 7.82. The zero-order chi connectivity index (χ0) is 17.4. The quantitative estimate of drug-likeness (QED) is 0.744. The van der Waals surface area contributed by atoms with Crippen molar-refractivity contribution in [1.82, 2.24) is 0 Å². The molecule has 1 N–H and O–H groups in total. The SMILES string of the molecule is CCOC(=O)c1ccccc1NS(=O)(=O)CCCc1ccccc1. The Morgan fingerprint density at radius 1 is 1.04 bits per heavy atom. The van der Waals surface area contributed by atoms with Crippen molar-refractivity contribution in [3.8, 4) is 0 Å². The maximum Gasteiger partial charge on any atom is 0.340 e. The van der Waals surface area contributed by atoms with Crippen molar-refractivity contribution in [2.75, 3.05) is 17.1 Å². The number of rotatable bonds is 8. The minimum Gasteiger partial charge on any atom is -0.462 e. The van der Waals surface area contributed by atoms with E-state index in [1.54, 1.807) is 31.2 Å². The molecule has 24 heavy (non-hydrogen) atoms. The number of carbonyl (C=O) groups is 1. The first kappa shape index (κ1) is 18.0. The monoisotopic (exact) mass is 347 g/mol. The first-order valence-corrected chi connectivity index (χ1v) is 9.47. The molecule has 0 aliphatic heterocycles. The molecule has 128 valence electrons. The molecule has 2 aromatic carbocycles. The fourth-order valence-electron chi connectivity index (χ4n) is 2.29. The molecule has 5 nitrogen and oxygen atoms in total. The predicted octanol–water partition coefficient (Wildman–Crippen LogP) is 3.24. The molecular weight excluding hydrogens is 326 g/mol. The Morgan fingerprint density at radius 2 is 1.71 bits per heavy atom. The van der Waals surface area contributed by atoms with Gasteiger partial charge in [-0.25, -0.2) is 13.2 Å². The van der Waals surface area contributed by atoms with Gasteiger partial charge in [0.1, 0.15) is 0 Å². The lowest BCUT2D eigenvalue weighted by atomic mass is 10.1. The zero-order valence-corrected chi connectivity index (χ0v) is 14.4. The molecule has 0 atom stereocenters. The number of para-hydroxylation sites is 1. The number of aryl methyl sites for hydroxylation is 1. The Kier molecular flexibility index (Phi) is 6.37. The van der Waals surface area contributed by atoms with Crippen LogP contribution in [0.3, 0.4) is 0 Å². The second-order valence-corrected chi connectivity index (χ2v) is 7.12. The van der Waals surface area contributed by atoms with E-state index in [9.17, 15) is 13.2 Å². The summed E-state index contributed by atoms with van der Waals surface area (Å²) in [7, 11) is -3.53. The number of hydrogen-bond donors (Lipinski definition) is 1. The first-order chi connectivity index (χ1) is 11.5. The molecule has 6 heteroatoms. The summed E-state index contributed by atoms with van der Waals surface area (Å²) in [6.45, 7) is 1.94. The molecule has 2 rings (SSSR count). The summed E-state index contributed by atoms with van der Waals surface area (Å²) in [6.07, 6.45) is 1.18. The van der Waals surface area contributed by atoms with Crippen molar-refractivity contribution < 1.29 is 17.9 Å². The van der Waals surface area contributed by atoms with Crippen molar-refractivity contribution in [2.24, 2.45) is 0 Å². The smallest absolute Gasteiger partial charge is 0.340 e. The van der Waals surface area contributed by atoms with Gasteiger partial charge in [-0.1, -0.05) is 42.5 Å². The molecule has 0 amide bonds. The van der Waals surface area contributed by atoms with Gasteiger partial charge in [-0.05, 0) is 37.5 Å². The Hall–Kier alpha value is -2.34. The van der Waals surface area contributed by atoms with Gasteiger partial charge in [0.15, 0.2) is 0 Å². The molecule has 0 aliphatic rings. The number of benzene rings is 2. The molecular formula is C18H21NO4S. The van der Waals surface area contributed by atoms with Gasteiger partial charge < -0.3 is 4.74 Å². The van der Waals surface area contributed by atoms with Crippen LogP contribution in [0.15, 0.2) is 54.6 Å². The van der Waals surface area contributed by atoms with Crippen LogP contribution in [0.1, 0.15) is 29.3 Å². The van der Waals surface area contributed by atoms with Crippen molar-refractivity contribution in [2.45, 2.75) is 19.8 Å². The summed E-state index contributed by atoms with van der Waals surface area (Å²) in [5.74, 6) is -0.556. The average Bonchev–Trinajstić information content (AvgIpc) is 2.56. The number of nitrogens with one attached hydrogen (secondary N) is 1. The summed E-state index contributed by atoms with van der Waals surface area (Å²) in [6, 6.07) is 16.2. The number of ether oxygens (including phenoxy) is 1. The van der Waals surface area contributed by atoms with Crippen LogP contribution < -0.4 is 4.72 Å². The lowest BCUT2D eigenvalue weighted by Gasteiger charge is -2.12. The molecule has 0 bridgehead atoms. The van der Waals surface area contributed by atoms with Crippen molar-refractivity contribution in [1.29, 1.82) is 0 Å². The molecule has 0 aromatic heterocycles. The average molecular weight is 347 g/mol. The van der Waals surface area contributed by atoms with Gasteiger partial charge in [0.05, 0.1) is 23.6 Å². The summed E-state index contributed by atoms with van der Waals surface area (Å²) in [5.41, 5.74) is 1.56. The highest BCUT2D eigenvalue weighted by atomic mass is 32.2. The molecule has 0 fully saturated rings. The van der Waals surface area contributed by atoms with E-state index >= 15 is 0 Å². The molecule has 2 aromatic rings. The van der Waals surface area contributed by atoms with Crippen LogP contribution in [0, 0.1) is 0 Å². The third kappa shape index (κ3) is 5.38. The molecule has 0 unspecified atom stereocenters. The molecule has 0 radical (unpaired) electrons. The third-order valence-corrected chi connectivity index (χ3v) is 4.77. The number of hydrogen-bond acceptors (Lipinski definition) is 4. The fourth-order valence-corrected chi connectivity index (χ4v) is 3.43. The summed E-state index contributed by atoms with van der Waals surface area (Å²) in [5, 5.41) is 0. The number of carbonyl (C=O) groups excluding carboxylic acids is 1. The van der Waals surface area contributed by atoms with Gasteiger partial charge in [-0.3, -0.25) is 4.72 Å². The maximum atomic E-state index is 12.3. The van der Waals surface area contributed by atoms with Gasteiger partial charge in [0.25, 0.3) is 0 Å². The molecule has 0 heterocycles. The number of esters is 1. The highest BCUT2D eigenvalue weighted by Gasteiger charge is 2.17. The van der Waals surface area contributed by atoms with Gasteiger partial charge in [0.2, 0.25) is 10.0 Å². The highest BCUT2D eigenvalue weighted by Crippen LogP contribution is 2.18. The van der Waals surface area contributed by atoms with Crippen molar-refractivity contribution in [3.05, 3.63) is 65.7 Å². The maximum absolute atomic E-state index is 12.3. The standard InChI is InChI=1S/C18H21NO4S/c1-2-23-18(20)16-12-6-7-13-17(16)19-24(21,22)14-8-11-15-9-4-3-5-10-15/h3-7,9-10,12-13,19H,2,8,11,14H2,1H3. The Balaban J connectivity index is 2.00. The minimum atomic E-state index is -3.53. The van der Waals surface area contributed by atoms with E-state index in [1.807, 2.05) is 30.3 Å². The van der Waals surface area contributed by atoms with Crippen LogP contribution >= 0.6 is 0 Å². The van der Waals surface area contributed by atoms with Crippen molar-refractivity contribution >= 4 is 21.7 Å². The Bertz CT molecular complexity index is 773. The zero-order valence-electron chi connectivity index (χ0n) is 13.6. The third-order valence-electron chi connectivity index (χ3n) is 3.41. The van der Waals surface area contributed by atoms with E-state index in [0.29, 0.717) is 12.8 Å². The minimum absolute atomic E-state index is 0.0148. The Morgan fingerprint density at radius 3 is 2.42 bits per heavy atom. The fraction of sp³-hybridized carbons (Fsp3) is 0.278. The summed E-state index contributed by atoms with van der Waals surface area (Å²) >= 11 is 0. The van der Waals surface area contributed by atoms with Crippen LogP contribution in [0.25, 0.3) is 0 Å². The van der Waals surface area contributed by atoms with Gasteiger partial charge in [-0.2, -0.15) is 0 Å². The van der Waals surface area contributed by atoms with E-state index in [2.05, 4.69) is 4.72 Å². The largest absolute Gasteiger partial charge is 0.462 e. The highest BCUT2D eigenvalue weighted by molar-refractivity contribution is 7.92. The number of sulfonamides is 1. The van der Waals surface area contributed by atoms with Gasteiger partial charge >= 0.3 is 5.97 Å². The second-order valence-electron chi connectivity index (χ2n) is 5.28. The lowest BCUT2D eigenvalue weighted by Crippen LogP contribution is -2.19. The molecule has 0 spiro atoms. The van der Waals surface area contributed by atoms with E-state index in [-0.39, 0.29) is 23.6 Å². The van der Waals surface area contributed by atoms with Crippen LogP contribution in [-0.2, 0) is 21.2 Å². The second kappa shape index (κ2) is 8.49. The number of anilines is 1. The lowest BCUT2D eigenvalue weighted by molar-refractivity contribution is 0.0527. The van der Waals surface area contributed by atoms with Crippen LogP contribution in [0.4, 0.5) is 5.69 Å². The summed E-state index contributed by atoms with van der Waals surface area (Å²) < 4.78 is 32.0. The van der Waals surface area contributed by atoms with Crippen LogP contribution in [-0.4, -0.2) is 26.7 Å². The van der Waals surface area contributed by atoms with Crippen LogP contribution in [0.5, 0.6) is 0 Å². The van der Waals surface area contributed by atoms with Gasteiger partial charge in [0, 0.05) is 0 Å². The van der Waals surface area contributed by atoms with E-state index in [0.717, 1.165) is 5.56 Å². The van der Waals surface area contributed by atoms with Crippen molar-refractivity contribution in [3.63, 3.8) is 0 Å². The topological polar surface area (TPSA) is 72.5 Å². The van der Waals surface area contributed by atoms with E-state index in [1.165, 1.54) is 0 Å².